The average molecular weight is 215 g/mol. The van der Waals surface area contributed by atoms with Gasteiger partial charge in [-0.05, 0) is 18.2 Å². The lowest BCUT2D eigenvalue weighted by atomic mass is 10.3. The molecule has 1 rings (SSSR count). The molecule has 0 fully saturated rings. The summed E-state index contributed by atoms with van der Waals surface area (Å²) in [5.41, 5.74) is 0.897. The number of nitrogens with zero attached hydrogens (tertiary/aromatic N) is 1. The highest BCUT2D eigenvalue weighted by atomic mass is 79.9. The predicted molar refractivity (Wildman–Crippen MR) is 47.9 cm³/mol. The van der Waals surface area contributed by atoms with E-state index in [0.717, 1.165) is 10.2 Å². The maximum atomic E-state index is 8.49. The van der Waals surface area contributed by atoms with Crippen LogP contribution in [-0.4, -0.2) is 18.3 Å². The van der Waals surface area contributed by atoms with Crippen molar-refractivity contribution in [3.8, 4) is 0 Å². The molecule has 0 aliphatic carbocycles. The van der Waals surface area contributed by atoms with Gasteiger partial charge < -0.3 is 5.11 Å². The Morgan fingerprint density at radius 2 is 2.27 bits per heavy atom. The van der Waals surface area contributed by atoms with Crippen LogP contribution in [0.1, 0.15) is 0 Å². The van der Waals surface area contributed by atoms with Crippen molar-refractivity contribution in [2.45, 2.75) is 0 Å². The van der Waals surface area contributed by atoms with E-state index in [1.807, 2.05) is 24.3 Å². The molecule has 0 heterocycles. The normalized spacial score (nSPS) is 9.64. The quantitative estimate of drug-likeness (QED) is 0.817. The highest BCUT2D eigenvalue weighted by molar-refractivity contribution is 9.10. The van der Waals surface area contributed by atoms with E-state index in [4.69, 9.17) is 5.11 Å². The molecule has 3 heteroatoms. The van der Waals surface area contributed by atoms with E-state index < -0.39 is 0 Å². The van der Waals surface area contributed by atoms with Gasteiger partial charge in [0.15, 0.2) is 0 Å². The number of rotatable bonds is 3. The van der Waals surface area contributed by atoms with E-state index in [9.17, 15) is 0 Å². The first kappa shape index (κ1) is 8.56. The molecule has 1 aromatic carbocycles. The van der Waals surface area contributed by atoms with Gasteiger partial charge in [0.1, 0.15) is 0 Å². The number of benzene rings is 1. The maximum Gasteiger partial charge on any atom is 0.0628 e. The third-order valence-electron chi connectivity index (χ3n) is 1.20. The molecule has 0 aliphatic heterocycles. The predicted octanol–water partition coefficient (Wildman–Crippen LogP) is 1.68. The van der Waals surface area contributed by atoms with Gasteiger partial charge in [0, 0.05) is 4.47 Å². The minimum absolute atomic E-state index is 0.104. The monoisotopic (exact) mass is 214 g/mol. The molecule has 0 aromatic heterocycles. The summed E-state index contributed by atoms with van der Waals surface area (Å²) in [6.45, 7) is 0.572. The molecule has 1 aromatic rings. The summed E-state index contributed by atoms with van der Waals surface area (Å²) in [5, 5.41) is 12.6. The fraction of sp³-hybridized carbons (Fsp3) is 0.250. The van der Waals surface area contributed by atoms with Gasteiger partial charge in [0.25, 0.3) is 0 Å². The molecular formula is C8H9BrNO. The smallest absolute Gasteiger partial charge is 0.0628 e. The van der Waals surface area contributed by atoms with Crippen molar-refractivity contribution in [2.75, 3.05) is 13.2 Å². The van der Waals surface area contributed by atoms with E-state index in [-0.39, 0.29) is 6.61 Å². The molecule has 0 saturated carbocycles. The van der Waals surface area contributed by atoms with Crippen LogP contribution in [0, 0.1) is 0 Å². The molecule has 0 aliphatic rings. The highest BCUT2D eigenvalue weighted by Gasteiger charge is 1.92. The summed E-state index contributed by atoms with van der Waals surface area (Å²) in [6.07, 6.45) is 0. The van der Waals surface area contributed by atoms with E-state index in [2.05, 4.69) is 21.2 Å². The summed E-state index contributed by atoms with van der Waals surface area (Å²) in [5.74, 6) is 0. The summed E-state index contributed by atoms with van der Waals surface area (Å²) < 4.78 is 1.01. The molecule has 0 bridgehead atoms. The Morgan fingerprint density at radius 1 is 1.45 bits per heavy atom. The molecule has 1 N–H and O–H groups in total. The third-order valence-corrected chi connectivity index (χ3v) is 1.70. The van der Waals surface area contributed by atoms with Gasteiger partial charge in [-0.15, -0.1) is 0 Å². The van der Waals surface area contributed by atoms with Crippen molar-refractivity contribution in [1.82, 2.24) is 5.32 Å². The number of hydrogen-bond donors (Lipinski definition) is 1. The zero-order chi connectivity index (χ0) is 8.10. The van der Waals surface area contributed by atoms with E-state index in [1.165, 1.54) is 0 Å². The van der Waals surface area contributed by atoms with Crippen LogP contribution in [0.4, 0.5) is 5.69 Å². The Hall–Kier alpha value is -0.540. The van der Waals surface area contributed by atoms with Crippen LogP contribution in [0.15, 0.2) is 28.7 Å². The number of aliphatic hydroxyl groups excluding tert-OH is 1. The maximum absolute atomic E-state index is 8.49. The molecule has 1 radical (unpaired) electrons. The van der Waals surface area contributed by atoms with Gasteiger partial charge in [-0.2, -0.15) is 0 Å². The largest absolute Gasteiger partial charge is 0.394 e. The summed E-state index contributed by atoms with van der Waals surface area (Å²) in [7, 11) is 0. The van der Waals surface area contributed by atoms with Crippen LogP contribution in [0.3, 0.4) is 0 Å². The highest BCUT2D eigenvalue weighted by Crippen LogP contribution is 2.15. The molecule has 0 amide bonds. The van der Waals surface area contributed by atoms with Gasteiger partial charge in [-0.3, -0.25) is 5.32 Å². The molecular weight excluding hydrogens is 206 g/mol. The van der Waals surface area contributed by atoms with Crippen LogP contribution >= 0.6 is 15.9 Å². The second-order valence-electron chi connectivity index (χ2n) is 2.09. The van der Waals surface area contributed by atoms with Gasteiger partial charge in [0.05, 0.1) is 18.8 Å². The standard InChI is InChI=1S/C8H9BrNO/c9-7-2-1-3-8(6-7)10-4-5-11/h1-3,6,11H,4-5H2. The number of aliphatic hydroxyl groups is 1. The molecule has 59 valence electrons. The van der Waals surface area contributed by atoms with E-state index in [1.54, 1.807) is 0 Å². The zero-order valence-electron chi connectivity index (χ0n) is 6.00. The molecule has 0 saturated heterocycles. The second-order valence-corrected chi connectivity index (χ2v) is 3.00. The van der Waals surface area contributed by atoms with Crippen LogP contribution in [0.2, 0.25) is 0 Å². The minimum atomic E-state index is 0.104. The van der Waals surface area contributed by atoms with Crippen LogP contribution in [0.5, 0.6) is 0 Å². The first-order valence-corrected chi connectivity index (χ1v) is 4.16. The Morgan fingerprint density at radius 3 is 2.91 bits per heavy atom. The lowest BCUT2D eigenvalue weighted by Gasteiger charge is -1.99. The molecule has 2 nitrogen and oxygen atoms in total. The molecule has 0 atom stereocenters. The molecule has 0 unspecified atom stereocenters. The molecule has 11 heavy (non-hydrogen) atoms. The first-order valence-electron chi connectivity index (χ1n) is 3.37. The second kappa shape index (κ2) is 4.36. The van der Waals surface area contributed by atoms with Crippen molar-refractivity contribution in [1.29, 1.82) is 0 Å². The van der Waals surface area contributed by atoms with Crippen LogP contribution in [-0.2, 0) is 0 Å². The lowest BCUT2D eigenvalue weighted by molar-refractivity contribution is 0.298. The Labute approximate surface area is 74.4 Å². The Balaban J connectivity index is 2.56. The topological polar surface area (TPSA) is 34.3 Å². The third kappa shape index (κ3) is 2.91. The van der Waals surface area contributed by atoms with Crippen molar-refractivity contribution < 1.29 is 5.11 Å². The zero-order valence-corrected chi connectivity index (χ0v) is 7.58. The van der Waals surface area contributed by atoms with Crippen molar-refractivity contribution >= 4 is 21.6 Å². The van der Waals surface area contributed by atoms with Crippen molar-refractivity contribution in [2.24, 2.45) is 0 Å². The van der Waals surface area contributed by atoms with Crippen LogP contribution in [0.25, 0.3) is 0 Å². The Kier molecular flexibility index (Phi) is 3.39. The van der Waals surface area contributed by atoms with Gasteiger partial charge in [0.2, 0.25) is 0 Å². The van der Waals surface area contributed by atoms with Crippen molar-refractivity contribution in [3.63, 3.8) is 0 Å². The fourth-order valence-electron chi connectivity index (χ4n) is 0.754. The average Bonchev–Trinajstić information content (AvgIpc) is 2.01. The number of hydrogen-bond acceptors (Lipinski definition) is 1. The van der Waals surface area contributed by atoms with Gasteiger partial charge in [-0.1, -0.05) is 22.0 Å². The van der Waals surface area contributed by atoms with E-state index in [0.29, 0.717) is 6.54 Å². The minimum Gasteiger partial charge on any atom is -0.394 e. The summed E-state index contributed by atoms with van der Waals surface area (Å²) in [6, 6.07) is 7.67. The number of halogens is 1. The van der Waals surface area contributed by atoms with Crippen LogP contribution < -0.4 is 5.32 Å². The molecule has 0 spiro atoms. The van der Waals surface area contributed by atoms with E-state index >= 15 is 0 Å². The summed E-state index contributed by atoms with van der Waals surface area (Å²) in [4.78, 5) is 0. The first-order chi connectivity index (χ1) is 5.33. The van der Waals surface area contributed by atoms with Crippen molar-refractivity contribution in [3.05, 3.63) is 28.7 Å². The summed E-state index contributed by atoms with van der Waals surface area (Å²) >= 11 is 3.33. The fourth-order valence-corrected chi connectivity index (χ4v) is 1.14. The lowest BCUT2D eigenvalue weighted by Crippen LogP contribution is -2.03. The Bertz CT molecular complexity index is 227. The van der Waals surface area contributed by atoms with Gasteiger partial charge in [-0.25, -0.2) is 0 Å². The SMILES string of the molecule is OCC[N]c1cccc(Br)c1. The van der Waals surface area contributed by atoms with Gasteiger partial charge >= 0.3 is 0 Å².